The van der Waals surface area contributed by atoms with Gasteiger partial charge in [-0.25, -0.2) is 4.79 Å². The smallest absolute Gasteiger partial charge is 0.416 e. The molecule has 0 atom stereocenters. The first-order valence-electron chi connectivity index (χ1n) is 4.79. The molecule has 2 nitrogen and oxygen atoms in total. The van der Waals surface area contributed by atoms with E-state index in [2.05, 4.69) is 16.6 Å². The minimum Gasteiger partial charge on any atom is -0.456 e. The van der Waals surface area contributed by atoms with Gasteiger partial charge in [-0.2, -0.15) is 13.2 Å². The second-order valence-electron chi connectivity index (χ2n) is 3.05. The Hall–Kier alpha value is -1.96. The van der Waals surface area contributed by atoms with E-state index in [0.717, 1.165) is 12.1 Å². The summed E-state index contributed by atoms with van der Waals surface area (Å²) in [5.74, 6) is 3.88. The molecular formula is C12H9F3O2. The van der Waals surface area contributed by atoms with E-state index in [1.54, 1.807) is 6.92 Å². The number of carbonyl (C=O) groups is 1. The summed E-state index contributed by atoms with van der Waals surface area (Å²) in [4.78, 5) is 10.9. The highest BCUT2D eigenvalue weighted by molar-refractivity contribution is 5.89. The zero-order chi connectivity index (χ0) is 12.9. The molecule has 0 bridgehead atoms. The number of ether oxygens (including phenoxy) is 1. The van der Waals surface area contributed by atoms with Crippen LogP contribution in [-0.2, 0) is 15.7 Å². The average Bonchev–Trinajstić information content (AvgIpc) is 2.26. The van der Waals surface area contributed by atoms with Crippen LogP contribution in [0.15, 0.2) is 24.3 Å². The zero-order valence-electron chi connectivity index (χ0n) is 8.97. The monoisotopic (exact) mass is 242 g/mol. The highest BCUT2D eigenvalue weighted by atomic mass is 19.4. The Morgan fingerprint density at radius 2 is 1.88 bits per heavy atom. The van der Waals surface area contributed by atoms with Gasteiger partial charge in [0.25, 0.3) is 0 Å². The van der Waals surface area contributed by atoms with E-state index in [1.165, 1.54) is 12.1 Å². The Kier molecular flexibility index (Phi) is 4.16. The molecule has 0 saturated heterocycles. The molecule has 5 heteroatoms. The molecule has 0 unspecified atom stereocenters. The lowest BCUT2D eigenvalue weighted by Crippen LogP contribution is -2.04. The predicted octanol–water partition coefficient (Wildman–Crippen LogP) is 2.62. The van der Waals surface area contributed by atoms with Gasteiger partial charge in [0.15, 0.2) is 0 Å². The first-order valence-corrected chi connectivity index (χ1v) is 4.79. The van der Waals surface area contributed by atoms with Crippen molar-refractivity contribution in [2.45, 2.75) is 13.1 Å². The number of hydrogen-bond donors (Lipinski definition) is 0. The largest absolute Gasteiger partial charge is 0.456 e. The lowest BCUT2D eigenvalue weighted by molar-refractivity contribution is -0.138. The molecule has 0 N–H and O–H groups in total. The molecule has 1 aromatic carbocycles. The van der Waals surface area contributed by atoms with Gasteiger partial charge in [0.05, 0.1) is 12.2 Å². The normalized spacial score (nSPS) is 10.4. The van der Waals surface area contributed by atoms with Crippen molar-refractivity contribution in [3.8, 4) is 11.8 Å². The number of alkyl halides is 3. The van der Waals surface area contributed by atoms with E-state index in [1.807, 2.05) is 0 Å². The van der Waals surface area contributed by atoms with Crippen LogP contribution in [0.25, 0.3) is 0 Å². The highest BCUT2D eigenvalue weighted by Crippen LogP contribution is 2.28. The molecule has 0 amide bonds. The molecule has 0 saturated carbocycles. The maximum absolute atomic E-state index is 12.2. The van der Waals surface area contributed by atoms with Crippen molar-refractivity contribution >= 4 is 5.97 Å². The number of rotatable bonds is 1. The Bertz CT molecular complexity index is 449. The third-order valence-corrected chi connectivity index (χ3v) is 1.80. The topological polar surface area (TPSA) is 26.3 Å². The molecule has 0 aliphatic carbocycles. The van der Waals surface area contributed by atoms with Gasteiger partial charge in [-0.3, -0.25) is 0 Å². The molecule has 1 rings (SSSR count). The van der Waals surface area contributed by atoms with Crippen molar-refractivity contribution in [3.05, 3.63) is 35.4 Å². The van der Waals surface area contributed by atoms with Crippen LogP contribution in [0.2, 0.25) is 0 Å². The molecule has 90 valence electrons. The first-order chi connectivity index (χ1) is 7.93. The average molecular weight is 242 g/mol. The SMILES string of the molecule is CCOC(=O)C#Cc1ccc(C(F)(F)F)cc1. The molecule has 0 fully saturated rings. The maximum atomic E-state index is 12.2. The lowest BCUT2D eigenvalue weighted by atomic mass is 10.1. The second kappa shape index (κ2) is 5.39. The van der Waals surface area contributed by atoms with Gasteiger partial charge in [0.1, 0.15) is 0 Å². The maximum Gasteiger partial charge on any atom is 0.416 e. The Morgan fingerprint density at radius 1 is 1.29 bits per heavy atom. The molecule has 0 aromatic heterocycles. The van der Waals surface area contributed by atoms with Gasteiger partial charge in [-0.1, -0.05) is 5.92 Å². The fraction of sp³-hybridized carbons (Fsp3) is 0.250. The number of benzene rings is 1. The summed E-state index contributed by atoms with van der Waals surface area (Å²) in [6, 6.07) is 4.23. The van der Waals surface area contributed by atoms with Gasteiger partial charge in [0.2, 0.25) is 0 Å². The van der Waals surface area contributed by atoms with Gasteiger partial charge in [0, 0.05) is 11.5 Å². The number of hydrogen-bond acceptors (Lipinski definition) is 2. The van der Waals surface area contributed by atoms with Gasteiger partial charge in [-0.15, -0.1) is 0 Å². The van der Waals surface area contributed by atoms with E-state index in [0.29, 0.717) is 5.56 Å². The van der Waals surface area contributed by atoms with E-state index >= 15 is 0 Å². The molecule has 0 aliphatic heterocycles. The molecule has 0 radical (unpaired) electrons. The zero-order valence-corrected chi connectivity index (χ0v) is 8.97. The summed E-state index contributed by atoms with van der Waals surface area (Å²) in [6.07, 6.45) is -4.37. The van der Waals surface area contributed by atoms with Crippen LogP contribution in [-0.4, -0.2) is 12.6 Å². The quantitative estimate of drug-likeness (QED) is 0.559. The lowest BCUT2D eigenvalue weighted by Gasteiger charge is -2.05. The summed E-state index contributed by atoms with van der Waals surface area (Å²) in [7, 11) is 0. The van der Waals surface area contributed by atoms with Crippen molar-refractivity contribution in [2.24, 2.45) is 0 Å². The number of halogens is 3. The van der Waals surface area contributed by atoms with Crippen LogP contribution in [0.1, 0.15) is 18.1 Å². The van der Waals surface area contributed by atoms with Crippen LogP contribution in [0.3, 0.4) is 0 Å². The summed E-state index contributed by atoms with van der Waals surface area (Å²) in [6.45, 7) is 1.85. The van der Waals surface area contributed by atoms with Gasteiger partial charge in [-0.05, 0) is 31.2 Å². The fourth-order valence-electron chi connectivity index (χ4n) is 1.03. The van der Waals surface area contributed by atoms with Crippen LogP contribution < -0.4 is 0 Å². The molecular weight excluding hydrogens is 233 g/mol. The van der Waals surface area contributed by atoms with Crippen molar-refractivity contribution in [1.29, 1.82) is 0 Å². The number of carbonyl (C=O) groups excluding carboxylic acids is 1. The van der Waals surface area contributed by atoms with Crippen LogP contribution in [0.4, 0.5) is 13.2 Å². The molecule has 1 aromatic rings. The molecule has 17 heavy (non-hydrogen) atoms. The van der Waals surface area contributed by atoms with Crippen LogP contribution in [0, 0.1) is 11.8 Å². The van der Waals surface area contributed by atoms with E-state index < -0.39 is 17.7 Å². The van der Waals surface area contributed by atoms with Crippen molar-refractivity contribution in [1.82, 2.24) is 0 Å². The van der Waals surface area contributed by atoms with Crippen LogP contribution >= 0.6 is 0 Å². The van der Waals surface area contributed by atoms with E-state index in [-0.39, 0.29) is 6.61 Å². The Labute approximate surface area is 96.4 Å². The second-order valence-corrected chi connectivity index (χ2v) is 3.05. The molecule has 0 heterocycles. The highest BCUT2D eigenvalue weighted by Gasteiger charge is 2.29. The molecule has 0 aliphatic rings. The summed E-state index contributed by atoms with van der Waals surface area (Å²) in [5.41, 5.74) is -0.426. The van der Waals surface area contributed by atoms with E-state index in [4.69, 9.17) is 0 Å². The van der Waals surface area contributed by atoms with Crippen molar-refractivity contribution < 1.29 is 22.7 Å². The molecule has 0 spiro atoms. The Balaban J connectivity index is 2.79. The number of esters is 1. The van der Waals surface area contributed by atoms with Crippen LogP contribution in [0.5, 0.6) is 0 Å². The summed E-state index contributed by atoms with van der Waals surface area (Å²) < 4.78 is 41.2. The first kappa shape index (κ1) is 13.1. The fourth-order valence-corrected chi connectivity index (χ4v) is 1.03. The summed E-state index contributed by atoms with van der Waals surface area (Å²) in [5, 5.41) is 0. The standard InChI is InChI=1S/C12H9F3O2/c1-2-17-11(16)8-5-9-3-6-10(7-4-9)12(13,14)15/h3-4,6-7H,2H2,1H3. The van der Waals surface area contributed by atoms with Crippen molar-refractivity contribution in [3.63, 3.8) is 0 Å². The third-order valence-electron chi connectivity index (χ3n) is 1.80. The summed E-state index contributed by atoms with van der Waals surface area (Å²) >= 11 is 0. The minimum absolute atomic E-state index is 0.209. The van der Waals surface area contributed by atoms with Gasteiger partial charge < -0.3 is 4.74 Å². The Morgan fingerprint density at radius 3 is 2.35 bits per heavy atom. The minimum atomic E-state index is -4.37. The van der Waals surface area contributed by atoms with Crippen molar-refractivity contribution in [2.75, 3.05) is 6.61 Å². The third kappa shape index (κ3) is 4.19. The van der Waals surface area contributed by atoms with E-state index in [9.17, 15) is 18.0 Å². The predicted molar refractivity (Wildman–Crippen MR) is 55.0 cm³/mol. The van der Waals surface area contributed by atoms with Gasteiger partial charge >= 0.3 is 12.1 Å².